The summed E-state index contributed by atoms with van der Waals surface area (Å²) >= 11 is 0. The van der Waals surface area contributed by atoms with Crippen molar-refractivity contribution in [2.45, 2.75) is 62.0 Å². The number of sulfonamides is 1. The molecule has 1 aromatic rings. The molecular weight excluding hydrogens is 262 g/mol. The van der Waals surface area contributed by atoms with Gasteiger partial charge in [-0.25, -0.2) is 13.1 Å². The van der Waals surface area contributed by atoms with E-state index in [1.807, 2.05) is 6.92 Å². The number of aromatic amines is 1. The lowest BCUT2D eigenvalue weighted by atomic mass is 9.80. The average Bonchev–Trinajstić information content (AvgIpc) is 3.00. The second-order valence-electron chi connectivity index (χ2n) is 6.04. The minimum absolute atomic E-state index is 0.247. The maximum atomic E-state index is 12.3. The lowest BCUT2D eigenvalue weighted by Gasteiger charge is -2.38. The molecule has 0 radical (unpaired) electrons. The Morgan fingerprint density at radius 1 is 1.42 bits per heavy atom. The van der Waals surface area contributed by atoms with E-state index < -0.39 is 10.0 Å². The van der Waals surface area contributed by atoms with Gasteiger partial charge in [0.2, 0.25) is 10.0 Å². The van der Waals surface area contributed by atoms with Gasteiger partial charge in [-0.1, -0.05) is 0 Å². The van der Waals surface area contributed by atoms with Crippen molar-refractivity contribution in [3.8, 4) is 0 Å². The van der Waals surface area contributed by atoms with E-state index in [1.165, 1.54) is 12.8 Å². The van der Waals surface area contributed by atoms with Crippen LogP contribution in [0.25, 0.3) is 0 Å². The second-order valence-corrected chi connectivity index (χ2v) is 7.72. The molecule has 6 heteroatoms. The Hall–Kier alpha value is -0.850. The SMILES string of the molecule is CC1(NS(=O)(=O)c2c[nH]c(CNC3CC3)c2)CCC1. The molecule has 0 saturated heterocycles. The highest BCUT2D eigenvalue weighted by molar-refractivity contribution is 7.89. The molecule has 5 nitrogen and oxygen atoms in total. The highest BCUT2D eigenvalue weighted by Crippen LogP contribution is 2.32. The molecule has 106 valence electrons. The van der Waals surface area contributed by atoms with Crippen LogP contribution in [0.5, 0.6) is 0 Å². The molecule has 0 aromatic carbocycles. The number of H-pyrrole nitrogens is 1. The van der Waals surface area contributed by atoms with Crippen molar-refractivity contribution in [3.63, 3.8) is 0 Å². The third-order valence-corrected chi connectivity index (χ3v) is 5.64. The van der Waals surface area contributed by atoms with Crippen molar-refractivity contribution in [2.75, 3.05) is 0 Å². The van der Waals surface area contributed by atoms with Gasteiger partial charge in [-0.2, -0.15) is 0 Å². The third kappa shape index (κ3) is 3.01. The first-order chi connectivity index (χ1) is 8.97. The summed E-state index contributed by atoms with van der Waals surface area (Å²) in [6.45, 7) is 2.67. The first-order valence-electron chi connectivity index (χ1n) is 6.92. The van der Waals surface area contributed by atoms with E-state index >= 15 is 0 Å². The molecule has 0 atom stereocenters. The Balaban J connectivity index is 1.66. The van der Waals surface area contributed by atoms with Crippen LogP contribution in [0.1, 0.15) is 44.7 Å². The summed E-state index contributed by atoms with van der Waals surface area (Å²) in [5, 5.41) is 3.36. The van der Waals surface area contributed by atoms with Gasteiger partial charge in [0.25, 0.3) is 0 Å². The molecule has 1 heterocycles. The van der Waals surface area contributed by atoms with Gasteiger partial charge in [0.15, 0.2) is 0 Å². The van der Waals surface area contributed by atoms with Crippen LogP contribution in [0.4, 0.5) is 0 Å². The Bertz CT molecular complexity index is 556. The topological polar surface area (TPSA) is 74.0 Å². The summed E-state index contributed by atoms with van der Waals surface area (Å²) < 4.78 is 27.3. The molecule has 0 aliphatic heterocycles. The predicted octanol–water partition coefficient (Wildman–Crippen LogP) is 1.49. The molecule has 2 saturated carbocycles. The Morgan fingerprint density at radius 2 is 2.16 bits per heavy atom. The van der Waals surface area contributed by atoms with Gasteiger partial charge < -0.3 is 10.3 Å². The van der Waals surface area contributed by atoms with Crippen LogP contribution in [-0.2, 0) is 16.6 Å². The summed E-state index contributed by atoms with van der Waals surface area (Å²) in [7, 11) is -3.39. The zero-order valence-electron chi connectivity index (χ0n) is 11.2. The highest BCUT2D eigenvalue weighted by atomic mass is 32.2. The fraction of sp³-hybridized carbons (Fsp3) is 0.692. The van der Waals surface area contributed by atoms with E-state index in [1.54, 1.807) is 12.3 Å². The van der Waals surface area contributed by atoms with Gasteiger partial charge in [0.1, 0.15) is 0 Å². The minimum atomic E-state index is -3.39. The lowest BCUT2D eigenvalue weighted by Crippen LogP contribution is -2.50. The van der Waals surface area contributed by atoms with E-state index in [9.17, 15) is 8.42 Å². The quantitative estimate of drug-likeness (QED) is 0.740. The number of hydrogen-bond acceptors (Lipinski definition) is 3. The second kappa shape index (κ2) is 4.61. The van der Waals surface area contributed by atoms with Gasteiger partial charge in [0.05, 0.1) is 4.90 Å². The Morgan fingerprint density at radius 3 is 2.74 bits per heavy atom. The number of nitrogens with one attached hydrogen (secondary N) is 3. The van der Waals surface area contributed by atoms with Crippen molar-refractivity contribution >= 4 is 10.0 Å². The summed E-state index contributed by atoms with van der Waals surface area (Å²) in [6.07, 6.45) is 6.98. The van der Waals surface area contributed by atoms with E-state index in [4.69, 9.17) is 0 Å². The van der Waals surface area contributed by atoms with Crippen molar-refractivity contribution < 1.29 is 8.42 Å². The largest absolute Gasteiger partial charge is 0.363 e. The fourth-order valence-electron chi connectivity index (χ4n) is 2.41. The van der Waals surface area contributed by atoms with Gasteiger partial charge in [-0.15, -0.1) is 0 Å². The number of hydrogen-bond donors (Lipinski definition) is 3. The van der Waals surface area contributed by atoms with Crippen LogP contribution in [0.2, 0.25) is 0 Å². The summed E-state index contributed by atoms with van der Waals surface area (Å²) in [5.74, 6) is 0. The van der Waals surface area contributed by atoms with Crippen molar-refractivity contribution in [3.05, 3.63) is 18.0 Å². The van der Waals surface area contributed by atoms with Crippen LogP contribution in [0, 0.1) is 0 Å². The van der Waals surface area contributed by atoms with Crippen LogP contribution in [0.3, 0.4) is 0 Å². The van der Waals surface area contributed by atoms with E-state index in [0.29, 0.717) is 17.5 Å². The number of rotatable bonds is 6. The van der Waals surface area contributed by atoms with Gasteiger partial charge in [-0.05, 0) is 45.1 Å². The molecule has 19 heavy (non-hydrogen) atoms. The highest BCUT2D eigenvalue weighted by Gasteiger charge is 2.36. The monoisotopic (exact) mass is 283 g/mol. The molecule has 3 rings (SSSR count). The zero-order chi connectivity index (χ0) is 13.5. The predicted molar refractivity (Wildman–Crippen MR) is 73.2 cm³/mol. The maximum Gasteiger partial charge on any atom is 0.242 e. The standard InChI is InChI=1S/C13H21N3O2S/c1-13(5-2-6-13)16-19(17,18)12-7-11(15-9-12)8-14-10-3-4-10/h7,9-10,14-16H,2-6,8H2,1H3. The molecule has 0 bridgehead atoms. The molecule has 1 aromatic heterocycles. The average molecular weight is 283 g/mol. The minimum Gasteiger partial charge on any atom is -0.363 e. The maximum absolute atomic E-state index is 12.3. The molecule has 0 spiro atoms. The first-order valence-corrected chi connectivity index (χ1v) is 8.40. The zero-order valence-corrected chi connectivity index (χ0v) is 12.0. The lowest BCUT2D eigenvalue weighted by molar-refractivity contribution is 0.248. The van der Waals surface area contributed by atoms with Crippen molar-refractivity contribution in [1.29, 1.82) is 0 Å². The Kier molecular flexibility index (Phi) is 3.19. The molecule has 3 N–H and O–H groups in total. The fourth-order valence-corrected chi connectivity index (χ4v) is 3.89. The van der Waals surface area contributed by atoms with Gasteiger partial charge in [-0.3, -0.25) is 0 Å². The van der Waals surface area contributed by atoms with Crippen LogP contribution in [-0.4, -0.2) is 25.0 Å². The first kappa shape index (κ1) is 13.1. The van der Waals surface area contributed by atoms with Crippen LogP contribution >= 0.6 is 0 Å². The summed E-state index contributed by atoms with van der Waals surface area (Å²) in [6, 6.07) is 2.34. The smallest absolute Gasteiger partial charge is 0.242 e. The van der Waals surface area contributed by atoms with Gasteiger partial charge in [0, 0.05) is 30.0 Å². The van der Waals surface area contributed by atoms with Crippen molar-refractivity contribution in [2.24, 2.45) is 0 Å². The molecular formula is C13H21N3O2S. The summed E-state index contributed by atoms with van der Waals surface area (Å²) in [5.41, 5.74) is 0.675. The van der Waals surface area contributed by atoms with E-state index in [0.717, 1.165) is 25.0 Å². The third-order valence-electron chi connectivity index (χ3n) is 4.02. The van der Waals surface area contributed by atoms with Gasteiger partial charge >= 0.3 is 0 Å². The van der Waals surface area contributed by atoms with Crippen molar-refractivity contribution in [1.82, 2.24) is 15.0 Å². The van der Waals surface area contributed by atoms with E-state index in [2.05, 4.69) is 15.0 Å². The summed E-state index contributed by atoms with van der Waals surface area (Å²) in [4.78, 5) is 3.38. The molecule has 2 fully saturated rings. The Labute approximate surface area is 114 Å². The van der Waals surface area contributed by atoms with Crippen LogP contribution in [0.15, 0.2) is 17.2 Å². The molecule has 0 unspecified atom stereocenters. The van der Waals surface area contributed by atoms with Crippen LogP contribution < -0.4 is 10.0 Å². The molecule has 0 amide bonds. The van der Waals surface area contributed by atoms with E-state index in [-0.39, 0.29) is 5.54 Å². The molecule has 2 aliphatic carbocycles. The number of aromatic nitrogens is 1. The molecule has 2 aliphatic rings. The normalized spacial score (nSPS) is 22.2.